The number of H-pyrrole nitrogens is 1. The van der Waals surface area contributed by atoms with Crippen molar-refractivity contribution in [3.05, 3.63) is 47.8 Å². The van der Waals surface area contributed by atoms with Crippen molar-refractivity contribution in [2.75, 3.05) is 0 Å². The molecular weight excluding hydrogens is 240 g/mol. The number of hydrogen-bond donors (Lipinski definition) is 2. The van der Waals surface area contributed by atoms with Crippen LogP contribution < -0.4 is 5.73 Å². The van der Waals surface area contributed by atoms with Gasteiger partial charge >= 0.3 is 0 Å². The molecule has 0 saturated carbocycles. The first-order valence-electron chi connectivity index (χ1n) is 5.86. The summed E-state index contributed by atoms with van der Waals surface area (Å²) in [6.45, 7) is 1.83. The lowest BCUT2D eigenvalue weighted by atomic mass is 10.1. The van der Waals surface area contributed by atoms with Crippen LogP contribution in [0.3, 0.4) is 0 Å². The zero-order valence-electron chi connectivity index (χ0n) is 10.3. The van der Waals surface area contributed by atoms with E-state index >= 15 is 0 Å². The third-order valence-corrected chi connectivity index (χ3v) is 3.12. The molecule has 0 radical (unpaired) electrons. The summed E-state index contributed by atoms with van der Waals surface area (Å²) < 4.78 is 0. The Hall–Kier alpha value is -2.69. The number of fused-ring (bicyclic) bond motifs is 1. The molecule has 0 unspecified atom stereocenters. The summed E-state index contributed by atoms with van der Waals surface area (Å²) in [7, 11) is 0. The average Bonchev–Trinajstić information content (AvgIpc) is 2.82. The predicted octanol–water partition coefficient (Wildman–Crippen LogP) is 2.03. The minimum absolute atomic E-state index is 0.449. The molecule has 3 heterocycles. The first-order valence-corrected chi connectivity index (χ1v) is 5.86. The molecule has 5 heteroatoms. The van der Waals surface area contributed by atoms with Crippen LogP contribution in [0.5, 0.6) is 0 Å². The highest BCUT2D eigenvalue weighted by Crippen LogP contribution is 2.25. The van der Waals surface area contributed by atoms with Gasteiger partial charge in [-0.05, 0) is 36.8 Å². The maximum Gasteiger partial charge on any atom is 0.249 e. The van der Waals surface area contributed by atoms with Gasteiger partial charge in [-0.25, -0.2) is 4.98 Å². The lowest BCUT2D eigenvalue weighted by Gasteiger charge is -2.06. The number of amides is 1. The van der Waals surface area contributed by atoms with Crippen LogP contribution >= 0.6 is 0 Å². The van der Waals surface area contributed by atoms with Crippen LogP contribution in [0.4, 0.5) is 0 Å². The van der Waals surface area contributed by atoms with E-state index in [1.807, 2.05) is 25.1 Å². The molecule has 0 spiro atoms. The number of primary amides is 1. The molecule has 3 aromatic rings. The van der Waals surface area contributed by atoms with Crippen LogP contribution in [-0.4, -0.2) is 20.9 Å². The predicted molar refractivity (Wildman–Crippen MR) is 72.6 cm³/mol. The van der Waals surface area contributed by atoms with Crippen molar-refractivity contribution in [3.63, 3.8) is 0 Å². The average molecular weight is 252 g/mol. The first kappa shape index (κ1) is 11.4. The zero-order chi connectivity index (χ0) is 13.4. The molecule has 0 aliphatic rings. The molecule has 0 saturated heterocycles. The van der Waals surface area contributed by atoms with Crippen LogP contribution in [-0.2, 0) is 0 Å². The zero-order valence-corrected chi connectivity index (χ0v) is 10.3. The summed E-state index contributed by atoms with van der Waals surface area (Å²) in [4.78, 5) is 23.1. The van der Waals surface area contributed by atoms with E-state index in [0.29, 0.717) is 11.3 Å². The van der Waals surface area contributed by atoms with Crippen molar-refractivity contribution in [2.45, 2.75) is 6.92 Å². The number of nitrogens with zero attached hydrogens (tertiary/aromatic N) is 2. The second kappa shape index (κ2) is 4.20. The summed E-state index contributed by atoms with van der Waals surface area (Å²) in [5, 5.41) is 1.00. The van der Waals surface area contributed by atoms with Gasteiger partial charge in [0, 0.05) is 23.3 Å². The standard InChI is InChI=1S/C14H12N4O/c1-8-10(13(15)19)4-6-16-12(8)11-7-9-3-2-5-17-14(9)18-11/h2-7H,1H3,(H2,15,19)(H,17,18). The van der Waals surface area contributed by atoms with Crippen LogP contribution in [0.2, 0.25) is 0 Å². The largest absolute Gasteiger partial charge is 0.366 e. The van der Waals surface area contributed by atoms with E-state index < -0.39 is 5.91 Å². The van der Waals surface area contributed by atoms with E-state index in [1.54, 1.807) is 18.5 Å². The van der Waals surface area contributed by atoms with Gasteiger partial charge in [-0.1, -0.05) is 0 Å². The summed E-state index contributed by atoms with van der Waals surface area (Å²) >= 11 is 0. The SMILES string of the molecule is Cc1c(C(N)=O)ccnc1-c1cc2cccnc2[nH]1. The Kier molecular flexibility index (Phi) is 2.52. The maximum absolute atomic E-state index is 11.3. The van der Waals surface area contributed by atoms with E-state index in [-0.39, 0.29) is 0 Å². The van der Waals surface area contributed by atoms with Crippen LogP contribution in [0, 0.1) is 6.92 Å². The molecule has 5 nitrogen and oxygen atoms in total. The molecule has 3 rings (SSSR count). The third kappa shape index (κ3) is 1.85. The summed E-state index contributed by atoms with van der Waals surface area (Å²) in [6, 6.07) is 7.43. The minimum Gasteiger partial charge on any atom is -0.366 e. The van der Waals surface area contributed by atoms with Gasteiger partial charge in [0.05, 0.1) is 11.4 Å². The second-order valence-corrected chi connectivity index (χ2v) is 4.32. The molecule has 3 N–H and O–H groups in total. The highest BCUT2D eigenvalue weighted by atomic mass is 16.1. The summed E-state index contributed by atoms with van der Waals surface area (Å²) in [6.07, 6.45) is 3.31. The molecule has 0 aromatic carbocycles. The van der Waals surface area contributed by atoms with Gasteiger partial charge in [0.2, 0.25) is 5.91 Å². The van der Waals surface area contributed by atoms with Crippen molar-refractivity contribution in [3.8, 4) is 11.4 Å². The molecule has 0 fully saturated rings. The van der Waals surface area contributed by atoms with E-state index in [1.165, 1.54) is 0 Å². The van der Waals surface area contributed by atoms with E-state index in [9.17, 15) is 4.79 Å². The van der Waals surface area contributed by atoms with Crippen molar-refractivity contribution in [1.29, 1.82) is 0 Å². The molecule has 0 atom stereocenters. The van der Waals surface area contributed by atoms with E-state index in [2.05, 4.69) is 15.0 Å². The monoisotopic (exact) mass is 252 g/mol. The number of nitrogens with one attached hydrogen (secondary N) is 1. The van der Waals surface area contributed by atoms with Gasteiger partial charge in [-0.3, -0.25) is 9.78 Å². The number of aromatic amines is 1. The van der Waals surface area contributed by atoms with Gasteiger partial charge in [-0.2, -0.15) is 0 Å². The number of nitrogens with two attached hydrogens (primary N) is 1. The number of hydrogen-bond acceptors (Lipinski definition) is 3. The van der Waals surface area contributed by atoms with Gasteiger partial charge in [0.25, 0.3) is 0 Å². The Labute approximate surface area is 109 Å². The van der Waals surface area contributed by atoms with Crippen LogP contribution in [0.25, 0.3) is 22.4 Å². The Morgan fingerprint density at radius 3 is 2.84 bits per heavy atom. The fourth-order valence-electron chi connectivity index (χ4n) is 2.16. The highest BCUT2D eigenvalue weighted by Gasteiger charge is 2.13. The number of carbonyl (C=O) groups is 1. The number of pyridine rings is 2. The fraction of sp³-hybridized carbons (Fsp3) is 0.0714. The van der Waals surface area contributed by atoms with Crippen LogP contribution in [0.15, 0.2) is 36.7 Å². The molecule has 3 aromatic heterocycles. The summed E-state index contributed by atoms with van der Waals surface area (Å²) in [5.74, 6) is -0.449. The molecule has 0 bridgehead atoms. The van der Waals surface area contributed by atoms with Crippen molar-refractivity contribution in [1.82, 2.24) is 15.0 Å². The smallest absolute Gasteiger partial charge is 0.249 e. The fourth-order valence-corrected chi connectivity index (χ4v) is 2.16. The number of rotatable bonds is 2. The molecular formula is C14H12N4O. The third-order valence-electron chi connectivity index (χ3n) is 3.12. The molecule has 19 heavy (non-hydrogen) atoms. The van der Waals surface area contributed by atoms with Crippen molar-refractivity contribution >= 4 is 16.9 Å². The molecule has 0 aliphatic carbocycles. The van der Waals surface area contributed by atoms with E-state index in [4.69, 9.17) is 5.73 Å². The quantitative estimate of drug-likeness (QED) is 0.731. The Balaban J connectivity index is 2.21. The number of aromatic nitrogens is 3. The lowest BCUT2D eigenvalue weighted by molar-refractivity contribution is 0.0999. The highest BCUT2D eigenvalue weighted by molar-refractivity contribution is 5.96. The minimum atomic E-state index is -0.449. The van der Waals surface area contributed by atoms with Gasteiger partial charge in [0.15, 0.2) is 0 Å². The van der Waals surface area contributed by atoms with E-state index in [0.717, 1.165) is 22.3 Å². The lowest BCUT2D eigenvalue weighted by Crippen LogP contribution is -2.13. The van der Waals surface area contributed by atoms with Crippen molar-refractivity contribution in [2.24, 2.45) is 5.73 Å². The summed E-state index contributed by atoms with van der Waals surface area (Å²) in [5.41, 5.74) is 8.94. The van der Waals surface area contributed by atoms with Crippen LogP contribution in [0.1, 0.15) is 15.9 Å². The second-order valence-electron chi connectivity index (χ2n) is 4.32. The van der Waals surface area contributed by atoms with Gasteiger partial charge < -0.3 is 10.7 Å². The normalized spacial score (nSPS) is 10.8. The topological polar surface area (TPSA) is 84.7 Å². The maximum atomic E-state index is 11.3. The Bertz CT molecular complexity index is 743. The van der Waals surface area contributed by atoms with Crippen molar-refractivity contribution < 1.29 is 4.79 Å². The molecule has 94 valence electrons. The Morgan fingerprint density at radius 1 is 1.26 bits per heavy atom. The molecule has 1 amide bonds. The first-order chi connectivity index (χ1) is 9.16. The number of carbonyl (C=O) groups excluding carboxylic acids is 1. The Morgan fingerprint density at radius 2 is 2.11 bits per heavy atom. The van der Waals surface area contributed by atoms with Gasteiger partial charge in [-0.15, -0.1) is 0 Å². The molecule has 0 aliphatic heterocycles. The van der Waals surface area contributed by atoms with Gasteiger partial charge in [0.1, 0.15) is 5.65 Å².